The van der Waals surface area contributed by atoms with Crippen LogP contribution in [0.15, 0.2) is 47.5 Å². The Morgan fingerprint density at radius 1 is 1.12 bits per heavy atom. The van der Waals surface area contributed by atoms with Gasteiger partial charge in [-0.2, -0.15) is 0 Å². The van der Waals surface area contributed by atoms with Crippen molar-refractivity contribution in [2.45, 2.75) is 20.0 Å². The van der Waals surface area contributed by atoms with Gasteiger partial charge in [-0.25, -0.2) is 4.39 Å². The highest BCUT2D eigenvalue weighted by molar-refractivity contribution is 5.79. The maximum Gasteiger partial charge on any atom is 0.269 e. The smallest absolute Gasteiger partial charge is 0.269 e. The Bertz CT molecular complexity index is 745. The molecule has 2 rings (SSSR count). The molecular formula is C17H19FN4O2. The van der Waals surface area contributed by atoms with E-state index in [0.29, 0.717) is 24.6 Å². The molecule has 0 heterocycles. The molecular weight excluding hydrogens is 311 g/mol. The summed E-state index contributed by atoms with van der Waals surface area (Å²) in [5.41, 5.74) is 2.38. The van der Waals surface area contributed by atoms with Crippen LogP contribution in [0.25, 0.3) is 0 Å². The Morgan fingerprint density at radius 3 is 2.25 bits per heavy atom. The van der Waals surface area contributed by atoms with Crippen molar-refractivity contribution < 1.29 is 9.31 Å². The number of halogens is 1. The second-order valence-corrected chi connectivity index (χ2v) is 5.29. The predicted molar refractivity (Wildman–Crippen MR) is 91.3 cm³/mol. The van der Waals surface area contributed by atoms with Crippen molar-refractivity contribution in [3.8, 4) is 0 Å². The summed E-state index contributed by atoms with van der Waals surface area (Å²) in [5.74, 6) is 0.331. The molecule has 24 heavy (non-hydrogen) atoms. The van der Waals surface area contributed by atoms with Gasteiger partial charge in [0.25, 0.3) is 5.69 Å². The first-order valence-corrected chi connectivity index (χ1v) is 7.42. The number of benzene rings is 2. The Kier molecular flexibility index (Phi) is 5.83. The summed E-state index contributed by atoms with van der Waals surface area (Å²) in [6.07, 6.45) is 0. The Labute approximate surface area is 139 Å². The van der Waals surface area contributed by atoms with Crippen LogP contribution in [0.5, 0.6) is 0 Å². The van der Waals surface area contributed by atoms with Crippen LogP contribution in [0.2, 0.25) is 0 Å². The van der Waals surface area contributed by atoms with E-state index in [1.54, 1.807) is 32.2 Å². The van der Waals surface area contributed by atoms with Gasteiger partial charge >= 0.3 is 0 Å². The molecule has 0 bridgehead atoms. The number of aryl methyl sites for hydroxylation is 1. The molecule has 0 radical (unpaired) electrons. The number of nitro benzene ring substituents is 1. The Balaban J connectivity index is 1.88. The van der Waals surface area contributed by atoms with Crippen LogP contribution in [0.4, 0.5) is 10.1 Å². The molecule has 7 heteroatoms. The summed E-state index contributed by atoms with van der Waals surface area (Å²) in [6, 6.07) is 11.4. The summed E-state index contributed by atoms with van der Waals surface area (Å²) in [7, 11) is 1.64. The number of nitrogens with one attached hydrogen (secondary N) is 2. The van der Waals surface area contributed by atoms with E-state index in [9.17, 15) is 14.5 Å². The molecule has 0 atom stereocenters. The fraction of sp³-hybridized carbons (Fsp3) is 0.235. The summed E-state index contributed by atoms with van der Waals surface area (Å²) in [5, 5.41) is 16.8. The fourth-order valence-corrected chi connectivity index (χ4v) is 2.07. The van der Waals surface area contributed by atoms with Crippen molar-refractivity contribution in [3.05, 3.63) is 75.1 Å². The van der Waals surface area contributed by atoms with Gasteiger partial charge in [-0.3, -0.25) is 15.1 Å². The van der Waals surface area contributed by atoms with E-state index in [4.69, 9.17) is 0 Å². The maximum absolute atomic E-state index is 13.5. The number of hydrogen-bond acceptors (Lipinski definition) is 3. The van der Waals surface area contributed by atoms with E-state index in [2.05, 4.69) is 15.6 Å². The molecule has 0 fully saturated rings. The first kappa shape index (κ1) is 17.4. The van der Waals surface area contributed by atoms with E-state index in [1.165, 1.54) is 18.2 Å². The normalized spacial score (nSPS) is 11.2. The molecule has 0 amide bonds. The Morgan fingerprint density at radius 2 is 1.71 bits per heavy atom. The predicted octanol–water partition coefficient (Wildman–Crippen LogP) is 2.91. The molecule has 126 valence electrons. The monoisotopic (exact) mass is 330 g/mol. The lowest BCUT2D eigenvalue weighted by molar-refractivity contribution is -0.384. The van der Waals surface area contributed by atoms with E-state index in [-0.39, 0.29) is 11.5 Å². The van der Waals surface area contributed by atoms with Crippen LogP contribution in [0.3, 0.4) is 0 Å². The Hall–Kier alpha value is -2.96. The number of non-ortho nitro benzene ring substituents is 1. The van der Waals surface area contributed by atoms with Gasteiger partial charge in [0, 0.05) is 32.3 Å². The van der Waals surface area contributed by atoms with Crippen LogP contribution in [-0.4, -0.2) is 17.9 Å². The highest BCUT2D eigenvalue weighted by atomic mass is 19.1. The zero-order valence-corrected chi connectivity index (χ0v) is 13.5. The molecule has 0 spiro atoms. The first-order valence-electron chi connectivity index (χ1n) is 7.42. The topological polar surface area (TPSA) is 79.6 Å². The third kappa shape index (κ3) is 4.77. The lowest BCUT2D eigenvalue weighted by Gasteiger charge is -2.12. The van der Waals surface area contributed by atoms with E-state index < -0.39 is 4.92 Å². The summed E-state index contributed by atoms with van der Waals surface area (Å²) >= 11 is 0. The summed E-state index contributed by atoms with van der Waals surface area (Å²) in [4.78, 5) is 14.3. The molecule has 0 aliphatic heterocycles. The van der Waals surface area contributed by atoms with Crippen molar-refractivity contribution >= 4 is 11.6 Å². The van der Waals surface area contributed by atoms with Crippen LogP contribution < -0.4 is 10.6 Å². The van der Waals surface area contributed by atoms with Crippen LogP contribution in [0, 0.1) is 22.9 Å². The quantitative estimate of drug-likeness (QED) is 0.382. The van der Waals surface area contributed by atoms with Gasteiger partial charge in [-0.05, 0) is 29.7 Å². The molecule has 6 nitrogen and oxygen atoms in total. The highest BCUT2D eigenvalue weighted by Crippen LogP contribution is 2.11. The minimum atomic E-state index is -0.432. The largest absolute Gasteiger partial charge is 0.352 e. The van der Waals surface area contributed by atoms with Crippen LogP contribution >= 0.6 is 0 Å². The van der Waals surface area contributed by atoms with E-state index >= 15 is 0 Å². The minimum absolute atomic E-state index is 0.0580. The molecule has 2 N–H and O–H groups in total. The number of rotatable bonds is 5. The molecule has 2 aromatic carbocycles. The summed E-state index contributed by atoms with van der Waals surface area (Å²) in [6.45, 7) is 2.63. The van der Waals surface area contributed by atoms with Gasteiger partial charge < -0.3 is 10.6 Å². The maximum atomic E-state index is 13.5. The molecule has 0 saturated carbocycles. The molecule has 2 aromatic rings. The van der Waals surface area contributed by atoms with Gasteiger partial charge in [0.1, 0.15) is 5.82 Å². The molecule has 0 aliphatic rings. The molecule has 0 aromatic heterocycles. The van der Waals surface area contributed by atoms with Crippen LogP contribution in [0.1, 0.15) is 16.7 Å². The van der Waals surface area contributed by atoms with E-state index in [0.717, 1.165) is 11.1 Å². The lowest BCUT2D eigenvalue weighted by Crippen LogP contribution is -2.36. The average molecular weight is 330 g/mol. The van der Waals surface area contributed by atoms with Crippen molar-refractivity contribution in [2.24, 2.45) is 4.99 Å². The average Bonchev–Trinajstić information content (AvgIpc) is 2.58. The number of nitrogens with zero attached hydrogens (tertiary/aromatic N) is 2. The van der Waals surface area contributed by atoms with Crippen molar-refractivity contribution in [1.82, 2.24) is 10.6 Å². The van der Waals surface area contributed by atoms with Gasteiger partial charge in [0.15, 0.2) is 5.96 Å². The third-order valence-electron chi connectivity index (χ3n) is 3.53. The minimum Gasteiger partial charge on any atom is -0.352 e. The summed E-state index contributed by atoms with van der Waals surface area (Å²) < 4.78 is 13.5. The molecule has 0 saturated heterocycles. The van der Waals surface area contributed by atoms with Gasteiger partial charge in [0.2, 0.25) is 0 Å². The fourth-order valence-electron chi connectivity index (χ4n) is 2.07. The van der Waals surface area contributed by atoms with Gasteiger partial charge in [-0.1, -0.05) is 24.3 Å². The van der Waals surface area contributed by atoms with E-state index in [1.807, 2.05) is 6.07 Å². The lowest BCUT2D eigenvalue weighted by atomic mass is 10.1. The second kappa shape index (κ2) is 8.05. The number of nitro groups is 1. The molecule has 0 aliphatic carbocycles. The second-order valence-electron chi connectivity index (χ2n) is 5.29. The zero-order chi connectivity index (χ0) is 17.5. The number of hydrogen-bond donors (Lipinski definition) is 2. The highest BCUT2D eigenvalue weighted by Gasteiger charge is 2.05. The number of aliphatic imine (C=N–C) groups is 1. The van der Waals surface area contributed by atoms with Crippen molar-refractivity contribution in [2.75, 3.05) is 7.05 Å². The standard InChI is InChI=1S/C17H19FN4O2/c1-12-3-4-14(9-16(12)18)11-21-17(19-2)20-10-13-5-7-15(8-6-13)22(23)24/h3-9H,10-11H2,1-2H3,(H2,19,20,21). The third-order valence-corrected chi connectivity index (χ3v) is 3.53. The van der Waals surface area contributed by atoms with Crippen molar-refractivity contribution in [1.29, 1.82) is 0 Å². The zero-order valence-electron chi connectivity index (χ0n) is 13.5. The van der Waals surface area contributed by atoms with Gasteiger partial charge in [-0.15, -0.1) is 0 Å². The van der Waals surface area contributed by atoms with Crippen molar-refractivity contribution in [3.63, 3.8) is 0 Å². The number of guanidine groups is 1. The SMILES string of the molecule is CN=C(NCc1ccc([N+](=O)[O-])cc1)NCc1ccc(C)c(F)c1. The van der Waals surface area contributed by atoms with Crippen LogP contribution in [-0.2, 0) is 13.1 Å². The van der Waals surface area contributed by atoms with Gasteiger partial charge in [0.05, 0.1) is 4.92 Å². The molecule has 0 unspecified atom stereocenters. The first-order chi connectivity index (χ1) is 11.5.